The van der Waals surface area contributed by atoms with Crippen LogP contribution in [0.5, 0.6) is 0 Å². The van der Waals surface area contributed by atoms with Crippen molar-refractivity contribution in [2.24, 2.45) is 0 Å². The predicted octanol–water partition coefficient (Wildman–Crippen LogP) is 5.02. The summed E-state index contributed by atoms with van der Waals surface area (Å²) < 4.78 is 0.876. The molecule has 1 nitrogen and oxygen atoms in total. The molecule has 20 heavy (non-hydrogen) atoms. The fraction of sp³-hybridized carbons (Fsp3) is 0.375. The largest absolute Gasteiger partial charge is 0.313 e. The molecule has 2 rings (SSSR count). The van der Waals surface area contributed by atoms with Crippen LogP contribution < -0.4 is 5.32 Å². The number of hydrogen-bond donors (Lipinski definition) is 1. The van der Waals surface area contributed by atoms with Crippen molar-refractivity contribution in [3.8, 4) is 0 Å². The lowest BCUT2D eigenvalue weighted by atomic mass is 10.2. The van der Waals surface area contributed by atoms with Gasteiger partial charge in [-0.1, -0.05) is 36.2 Å². The molecule has 1 aromatic carbocycles. The van der Waals surface area contributed by atoms with Crippen LogP contribution in [0.3, 0.4) is 0 Å². The van der Waals surface area contributed by atoms with Gasteiger partial charge < -0.3 is 5.32 Å². The number of aryl methyl sites for hydroxylation is 1. The number of likely N-dealkylation sites (N-methyl/N-ethyl adjacent to an activating group) is 1. The second-order valence-corrected chi connectivity index (χ2v) is 7.69. The first-order valence-electron chi connectivity index (χ1n) is 6.84. The van der Waals surface area contributed by atoms with Gasteiger partial charge in [0.05, 0.1) is 4.34 Å². The molecule has 2 aromatic rings. The standard InChI is InChI=1S/C16H20ClNS2/c1-3-18-13(10-15-7-8-16(17)20-15)11-19-14-6-4-5-12(2)9-14/h4-9,13,18H,3,10-11H2,1-2H3. The highest BCUT2D eigenvalue weighted by Gasteiger charge is 2.11. The maximum Gasteiger partial charge on any atom is 0.0931 e. The second-order valence-electron chi connectivity index (χ2n) is 4.79. The summed E-state index contributed by atoms with van der Waals surface area (Å²) in [6.45, 7) is 5.30. The van der Waals surface area contributed by atoms with Crippen molar-refractivity contribution in [2.75, 3.05) is 12.3 Å². The van der Waals surface area contributed by atoms with Crippen LogP contribution in [-0.4, -0.2) is 18.3 Å². The molecule has 4 heteroatoms. The summed E-state index contributed by atoms with van der Waals surface area (Å²) in [4.78, 5) is 2.70. The molecular weight excluding hydrogens is 306 g/mol. The zero-order chi connectivity index (χ0) is 14.4. The molecule has 1 aromatic heterocycles. The third kappa shape index (κ3) is 5.13. The van der Waals surface area contributed by atoms with E-state index >= 15 is 0 Å². The lowest BCUT2D eigenvalue weighted by Gasteiger charge is -2.16. The van der Waals surface area contributed by atoms with E-state index in [0.717, 1.165) is 23.1 Å². The van der Waals surface area contributed by atoms with Crippen molar-refractivity contribution in [2.45, 2.75) is 31.2 Å². The summed E-state index contributed by atoms with van der Waals surface area (Å²) >= 11 is 9.60. The van der Waals surface area contributed by atoms with Crippen molar-refractivity contribution in [3.05, 3.63) is 51.2 Å². The third-order valence-electron chi connectivity index (χ3n) is 3.01. The Labute approximate surface area is 134 Å². The minimum Gasteiger partial charge on any atom is -0.313 e. The van der Waals surface area contributed by atoms with E-state index in [1.807, 2.05) is 17.8 Å². The summed E-state index contributed by atoms with van der Waals surface area (Å²) in [6.07, 6.45) is 1.05. The maximum absolute atomic E-state index is 6.00. The van der Waals surface area contributed by atoms with Crippen molar-refractivity contribution in [1.82, 2.24) is 5.32 Å². The van der Waals surface area contributed by atoms with E-state index in [4.69, 9.17) is 11.6 Å². The minimum atomic E-state index is 0.486. The van der Waals surface area contributed by atoms with Crippen molar-refractivity contribution in [3.63, 3.8) is 0 Å². The van der Waals surface area contributed by atoms with E-state index in [0.29, 0.717) is 6.04 Å². The van der Waals surface area contributed by atoms with Crippen LogP contribution in [0, 0.1) is 6.92 Å². The molecule has 108 valence electrons. The Hall–Kier alpha value is -0.480. The molecule has 1 unspecified atom stereocenters. The Balaban J connectivity index is 1.91. The third-order valence-corrected chi connectivity index (χ3v) is 5.42. The van der Waals surface area contributed by atoms with Gasteiger partial charge in [0.1, 0.15) is 0 Å². The fourth-order valence-electron chi connectivity index (χ4n) is 2.08. The highest BCUT2D eigenvalue weighted by Crippen LogP contribution is 2.25. The maximum atomic E-state index is 6.00. The molecule has 0 bridgehead atoms. The van der Waals surface area contributed by atoms with Crippen LogP contribution >= 0.6 is 34.7 Å². The molecule has 0 saturated carbocycles. The molecule has 0 aliphatic rings. The molecule has 1 atom stereocenters. The van der Waals surface area contributed by atoms with Gasteiger partial charge >= 0.3 is 0 Å². The quantitative estimate of drug-likeness (QED) is 0.717. The SMILES string of the molecule is CCNC(CSc1cccc(C)c1)Cc1ccc(Cl)s1. The summed E-state index contributed by atoms with van der Waals surface area (Å²) in [5.74, 6) is 1.08. The van der Waals surface area contributed by atoms with Crippen LogP contribution in [0.15, 0.2) is 41.3 Å². The Kier molecular flexibility index (Phi) is 6.43. The van der Waals surface area contributed by atoms with E-state index in [9.17, 15) is 0 Å². The minimum absolute atomic E-state index is 0.486. The molecular formula is C16H20ClNS2. The smallest absolute Gasteiger partial charge is 0.0931 e. The molecule has 0 fully saturated rings. The van der Waals surface area contributed by atoms with Crippen LogP contribution in [0.25, 0.3) is 0 Å². The first-order valence-corrected chi connectivity index (χ1v) is 9.02. The van der Waals surface area contributed by atoms with Gasteiger partial charge in [-0.15, -0.1) is 23.1 Å². The number of thioether (sulfide) groups is 1. The highest BCUT2D eigenvalue weighted by atomic mass is 35.5. The van der Waals surface area contributed by atoms with Crippen LogP contribution in [0.1, 0.15) is 17.4 Å². The predicted molar refractivity (Wildman–Crippen MR) is 92.4 cm³/mol. The average Bonchev–Trinajstić information content (AvgIpc) is 2.82. The summed E-state index contributed by atoms with van der Waals surface area (Å²) in [5, 5.41) is 3.57. The molecule has 0 amide bonds. The Bertz CT molecular complexity index is 539. The molecule has 0 radical (unpaired) electrons. The molecule has 1 N–H and O–H groups in total. The first kappa shape index (κ1) is 15.9. The van der Waals surface area contributed by atoms with Gasteiger partial charge in [-0.2, -0.15) is 0 Å². The first-order chi connectivity index (χ1) is 9.67. The number of rotatable bonds is 7. The molecule has 0 aliphatic heterocycles. The lowest BCUT2D eigenvalue weighted by Crippen LogP contribution is -2.32. The van der Waals surface area contributed by atoms with E-state index in [1.54, 1.807) is 11.3 Å². The van der Waals surface area contributed by atoms with Crippen molar-refractivity contribution >= 4 is 34.7 Å². The normalized spacial score (nSPS) is 12.6. The van der Waals surface area contributed by atoms with Gasteiger partial charge in [-0.3, -0.25) is 0 Å². The fourth-order valence-corrected chi connectivity index (χ4v) is 4.33. The van der Waals surface area contributed by atoms with Crippen molar-refractivity contribution < 1.29 is 0 Å². The van der Waals surface area contributed by atoms with Crippen LogP contribution in [0.4, 0.5) is 0 Å². The van der Waals surface area contributed by atoms with Crippen LogP contribution in [0.2, 0.25) is 4.34 Å². The molecule has 1 heterocycles. The van der Waals surface area contributed by atoms with E-state index in [1.165, 1.54) is 15.3 Å². The van der Waals surface area contributed by atoms with Gasteiger partial charge in [0.15, 0.2) is 0 Å². The van der Waals surface area contributed by atoms with E-state index in [-0.39, 0.29) is 0 Å². The monoisotopic (exact) mass is 325 g/mol. The van der Waals surface area contributed by atoms with Gasteiger partial charge in [0.25, 0.3) is 0 Å². The summed E-state index contributed by atoms with van der Waals surface area (Å²) in [5.41, 5.74) is 1.32. The zero-order valence-electron chi connectivity index (χ0n) is 11.9. The molecule has 0 spiro atoms. The van der Waals surface area contributed by atoms with Gasteiger partial charge in [0, 0.05) is 21.6 Å². The highest BCUT2D eigenvalue weighted by molar-refractivity contribution is 7.99. The number of benzene rings is 1. The number of halogens is 1. The van der Waals surface area contributed by atoms with Gasteiger partial charge in [0.2, 0.25) is 0 Å². The van der Waals surface area contributed by atoms with Crippen LogP contribution in [-0.2, 0) is 6.42 Å². The Morgan fingerprint density at radius 1 is 1.30 bits per heavy atom. The summed E-state index contributed by atoms with van der Waals surface area (Å²) in [7, 11) is 0. The molecule has 0 saturated heterocycles. The molecule has 0 aliphatic carbocycles. The Morgan fingerprint density at radius 2 is 2.15 bits per heavy atom. The van der Waals surface area contributed by atoms with Gasteiger partial charge in [-0.25, -0.2) is 0 Å². The lowest BCUT2D eigenvalue weighted by molar-refractivity contribution is 0.576. The zero-order valence-corrected chi connectivity index (χ0v) is 14.2. The topological polar surface area (TPSA) is 12.0 Å². The van der Waals surface area contributed by atoms with E-state index in [2.05, 4.69) is 49.5 Å². The number of hydrogen-bond acceptors (Lipinski definition) is 3. The number of nitrogens with one attached hydrogen (secondary N) is 1. The average molecular weight is 326 g/mol. The van der Waals surface area contributed by atoms with E-state index < -0.39 is 0 Å². The summed E-state index contributed by atoms with van der Waals surface area (Å²) in [6, 6.07) is 13.3. The van der Waals surface area contributed by atoms with Crippen molar-refractivity contribution in [1.29, 1.82) is 0 Å². The second kappa shape index (κ2) is 8.08. The Morgan fingerprint density at radius 3 is 2.80 bits per heavy atom. The number of thiophene rings is 1. The van der Waals surface area contributed by atoms with Gasteiger partial charge in [-0.05, 0) is 44.2 Å².